The number of carbonyl (C=O) groups excluding carboxylic acids is 1. The van der Waals surface area contributed by atoms with Crippen molar-refractivity contribution in [2.45, 2.75) is 24.8 Å². The normalized spacial score (nSPS) is 14.0. The summed E-state index contributed by atoms with van der Waals surface area (Å²) in [5.74, 6) is -0.755. The van der Waals surface area contributed by atoms with E-state index in [0.717, 1.165) is 10.8 Å². The monoisotopic (exact) mass is 403 g/mol. The first-order chi connectivity index (χ1) is 12.8. The fraction of sp³-hybridized carbons (Fsp3) is 0.263. The van der Waals surface area contributed by atoms with Crippen LogP contribution in [0, 0.1) is 5.92 Å². The van der Waals surface area contributed by atoms with E-state index in [9.17, 15) is 13.2 Å². The van der Waals surface area contributed by atoms with Gasteiger partial charge < -0.3 is 4.57 Å². The van der Waals surface area contributed by atoms with E-state index in [0.29, 0.717) is 4.80 Å². The SMILES string of the molecule is CC(C)[C@@H](NS(=O)(=O)c1ccc2ccccc2c1)C(=O)N=c1sccn1C. The van der Waals surface area contributed by atoms with Gasteiger partial charge in [0.1, 0.15) is 6.04 Å². The second-order valence-electron chi connectivity index (χ2n) is 6.60. The fourth-order valence-electron chi connectivity index (χ4n) is 2.64. The van der Waals surface area contributed by atoms with Gasteiger partial charge in [0.2, 0.25) is 10.0 Å². The molecule has 0 aliphatic heterocycles. The summed E-state index contributed by atoms with van der Waals surface area (Å²) < 4.78 is 30.0. The van der Waals surface area contributed by atoms with Gasteiger partial charge in [-0.25, -0.2) is 8.42 Å². The third-order valence-electron chi connectivity index (χ3n) is 4.21. The van der Waals surface area contributed by atoms with Gasteiger partial charge in [0, 0.05) is 18.6 Å². The molecule has 8 heteroatoms. The van der Waals surface area contributed by atoms with Crippen LogP contribution < -0.4 is 9.52 Å². The van der Waals surface area contributed by atoms with Crippen LogP contribution in [0.15, 0.2) is 63.9 Å². The van der Waals surface area contributed by atoms with Crippen LogP contribution in [0.1, 0.15) is 13.8 Å². The standard InChI is InChI=1S/C19H21N3O3S2/c1-13(2)17(18(23)20-19-22(3)10-11-26-19)21-27(24,25)16-9-8-14-6-4-5-7-15(14)12-16/h4-13,17,21H,1-3H3/t17-/m1/s1. The lowest BCUT2D eigenvalue weighted by atomic mass is 10.1. The molecule has 2 aromatic carbocycles. The first-order valence-electron chi connectivity index (χ1n) is 8.48. The maximum absolute atomic E-state index is 12.9. The first kappa shape index (κ1) is 19.5. The average molecular weight is 404 g/mol. The van der Waals surface area contributed by atoms with Crippen molar-refractivity contribution in [3.8, 4) is 0 Å². The lowest BCUT2D eigenvalue weighted by Gasteiger charge is -2.19. The van der Waals surface area contributed by atoms with Gasteiger partial charge in [-0.1, -0.05) is 44.2 Å². The number of benzene rings is 2. The number of nitrogens with one attached hydrogen (secondary N) is 1. The number of aryl methyl sites for hydroxylation is 1. The van der Waals surface area contributed by atoms with E-state index in [1.54, 1.807) is 49.9 Å². The number of hydrogen-bond acceptors (Lipinski definition) is 4. The van der Waals surface area contributed by atoms with Crippen LogP contribution in [0.3, 0.4) is 0 Å². The molecule has 0 radical (unpaired) electrons. The van der Waals surface area contributed by atoms with Gasteiger partial charge in [-0.05, 0) is 28.8 Å². The number of thiazole rings is 1. The van der Waals surface area contributed by atoms with Crippen LogP contribution in [0.4, 0.5) is 0 Å². The Morgan fingerprint density at radius 2 is 1.85 bits per heavy atom. The number of hydrogen-bond donors (Lipinski definition) is 1. The topological polar surface area (TPSA) is 80.5 Å². The Bertz CT molecular complexity index is 1140. The minimum Gasteiger partial charge on any atom is -0.327 e. The summed E-state index contributed by atoms with van der Waals surface area (Å²) in [6.07, 6.45) is 1.79. The molecule has 0 saturated heterocycles. The van der Waals surface area contributed by atoms with Gasteiger partial charge in [0.05, 0.1) is 4.90 Å². The molecule has 0 unspecified atom stereocenters. The van der Waals surface area contributed by atoms with Crippen LogP contribution in [0.2, 0.25) is 0 Å². The highest BCUT2D eigenvalue weighted by molar-refractivity contribution is 7.89. The Morgan fingerprint density at radius 3 is 2.48 bits per heavy atom. The Labute approximate surface area is 162 Å². The third kappa shape index (κ3) is 4.35. The zero-order chi connectivity index (χ0) is 19.6. The summed E-state index contributed by atoms with van der Waals surface area (Å²) in [7, 11) is -2.08. The van der Waals surface area contributed by atoms with Crippen LogP contribution in [0.5, 0.6) is 0 Å². The largest absolute Gasteiger partial charge is 0.327 e. The van der Waals surface area contributed by atoms with Gasteiger partial charge in [-0.15, -0.1) is 11.3 Å². The van der Waals surface area contributed by atoms with Gasteiger partial charge in [0.25, 0.3) is 5.91 Å². The van der Waals surface area contributed by atoms with E-state index in [1.165, 1.54) is 11.3 Å². The number of sulfonamides is 1. The van der Waals surface area contributed by atoms with Crippen molar-refractivity contribution in [3.63, 3.8) is 0 Å². The van der Waals surface area contributed by atoms with E-state index < -0.39 is 22.0 Å². The molecule has 0 saturated carbocycles. The van der Waals surface area contributed by atoms with Crippen LogP contribution >= 0.6 is 11.3 Å². The number of fused-ring (bicyclic) bond motifs is 1. The molecule has 0 bridgehead atoms. The summed E-state index contributed by atoms with van der Waals surface area (Å²) in [5.41, 5.74) is 0. The highest BCUT2D eigenvalue weighted by Gasteiger charge is 2.28. The first-order valence-corrected chi connectivity index (χ1v) is 10.8. The van der Waals surface area contributed by atoms with E-state index in [-0.39, 0.29) is 10.8 Å². The molecule has 0 aliphatic rings. The average Bonchev–Trinajstić information content (AvgIpc) is 3.03. The summed E-state index contributed by atoms with van der Waals surface area (Å²) in [6, 6.07) is 11.5. The lowest BCUT2D eigenvalue weighted by molar-refractivity contribution is -0.120. The quantitative estimate of drug-likeness (QED) is 0.711. The molecule has 1 aromatic heterocycles. The fourth-order valence-corrected chi connectivity index (χ4v) is 4.75. The van der Waals surface area contributed by atoms with Crippen molar-refractivity contribution >= 4 is 38.0 Å². The number of amides is 1. The molecule has 0 spiro atoms. The second-order valence-corrected chi connectivity index (χ2v) is 9.19. The third-order valence-corrected chi connectivity index (χ3v) is 6.50. The molecule has 142 valence electrons. The van der Waals surface area contributed by atoms with Crippen LogP contribution in [-0.2, 0) is 21.9 Å². The molecule has 6 nitrogen and oxygen atoms in total. The molecule has 1 amide bonds. The van der Waals surface area contributed by atoms with Crippen molar-refractivity contribution in [1.29, 1.82) is 0 Å². The van der Waals surface area contributed by atoms with Crippen molar-refractivity contribution in [3.05, 3.63) is 58.8 Å². The molecule has 3 rings (SSSR count). The minimum atomic E-state index is -3.86. The second kappa shape index (κ2) is 7.75. The highest BCUT2D eigenvalue weighted by Crippen LogP contribution is 2.20. The van der Waals surface area contributed by atoms with E-state index >= 15 is 0 Å². The summed E-state index contributed by atoms with van der Waals surface area (Å²) in [4.78, 5) is 17.4. The van der Waals surface area contributed by atoms with E-state index in [2.05, 4.69) is 9.71 Å². The number of carbonyl (C=O) groups is 1. The van der Waals surface area contributed by atoms with Gasteiger partial charge >= 0.3 is 0 Å². The molecule has 27 heavy (non-hydrogen) atoms. The number of aromatic nitrogens is 1. The summed E-state index contributed by atoms with van der Waals surface area (Å²) in [5, 5.41) is 3.59. The molecule has 1 heterocycles. The predicted octanol–water partition coefficient (Wildman–Crippen LogP) is 2.67. The smallest absolute Gasteiger partial charge is 0.266 e. The Balaban J connectivity index is 1.92. The van der Waals surface area contributed by atoms with E-state index in [1.807, 2.05) is 29.6 Å². The predicted molar refractivity (Wildman–Crippen MR) is 107 cm³/mol. The van der Waals surface area contributed by atoms with Crippen LogP contribution in [-0.4, -0.2) is 24.9 Å². The Morgan fingerprint density at radius 1 is 1.15 bits per heavy atom. The zero-order valence-electron chi connectivity index (χ0n) is 15.3. The Hall–Kier alpha value is -2.29. The van der Waals surface area contributed by atoms with Gasteiger partial charge in [-0.2, -0.15) is 9.71 Å². The summed E-state index contributed by atoms with van der Waals surface area (Å²) in [6.45, 7) is 3.57. The summed E-state index contributed by atoms with van der Waals surface area (Å²) >= 11 is 1.32. The molecule has 1 N–H and O–H groups in total. The maximum Gasteiger partial charge on any atom is 0.266 e. The molecular weight excluding hydrogens is 382 g/mol. The van der Waals surface area contributed by atoms with Crippen molar-refractivity contribution in [2.24, 2.45) is 18.0 Å². The Kier molecular flexibility index (Phi) is 5.59. The molecule has 0 fully saturated rings. The number of nitrogens with zero attached hydrogens (tertiary/aromatic N) is 2. The molecule has 1 atom stereocenters. The van der Waals surface area contributed by atoms with Gasteiger partial charge in [0.15, 0.2) is 4.80 Å². The minimum absolute atomic E-state index is 0.126. The van der Waals surface area contributed by atoms with Crippen molar-refractivity contribution in [2.75, 3.05) is 0 Å². The van der Waals surface area contributed by atoms with Crippen molar-refractivity contribution < 1.29 is 13.2 Å². The maximum atomic E-state index is 12.9. The number of rotatable bonds is 5. The molecule has 0 aliphatic carbocycles. The molecular formula is C19H21N3O3S2. The highest BCUT2D eigenvalue weighted by atomic mass is 32.2. The van der Waals surface area contributed by atoms with Crippen molar-refractivity contribution in [1.82, 2.24) is 9.29 Å². The zero-order valence-corrected chi connectivity index (χ0v) is 16.9. The van der Waals surface area contributed by atoms with Crippen LogP contribution in [0.25, 0.3) is 10.8 Å². The van der Waals surface area contributed by atoms with Gasteiger partial charge in [-0.3, -0.25) is 4.79 Å². The van der Waals surface area contributed by atoms with E-state index in [4.69, 9.17) is 0 Å². The lowest BCUT2D eigenvalue weighted by Crippen LogP contribution is -2.44. The molecule has 3 aromatic rings.